The third kappa shape index (κ3) is 1.86. The molecule has 0 radical (unpaired) electrons. The predicted octanol–water partition coefficient (Wildman–Crippen LogP) is 2.14. The van der Waals surface area contributed by atoms with Crippen LogP contribution in [0.2, 0.25) is 0 Å². The fraction of sp³-hybridized carbons (Fsp3) is 0.133. The standard InChI is InChI=1S/C15H10N2O5/c1-7-8(13-12-9(14(12)18)5-6-16-13)3-4-10(17(20)21)11(7)15(19)22-2/h3-6H,1-2H3. The Morgan fingerprint density at radius 2 is 2.05 bits per heavy atom. The van der Waals surface area contributed by atoms with Crippen LogP contribution in [0.3, 0.4) is 0 Å². The second-order valence-corrected chi connectivity index (χ2v) is 4.79. The maximum atomic E-state index is 11.9. The molecule has 0 atom stereocenters. The molecular weight excluding hydrogens is 288 g/mol. The highest BCUT2D eigenvalue weighted by atomic mass is 16.6. The second-order valence-electron chi connectivity index (χ2n) is 4.79. The van der Waals surface area contributed by atoms with Crippen LogP contribution in [0.5, 0.6) is 0 Å². The van der Waals surface area contributed by atoms with Gasteiger partial charge in [-0.15, -0.1) is 0 Å². The Kier molecular flexibility index (Phi) is 2.98. The van der Waals surface area contributed by atoms with E-state index in [-0.39, 0.29) is 16.7 Å². The molecule has 0 aliphatic rings. The summed E-state index contributed by atoms with van der Waals surface area (Å²) in [6.45, 7) is 1.57. The molecule has 3 aromatic rings. The van der Waals surface area contributed by atoms with Crippen molar-refractivity contribution < 1.29 is 14.5 Å². The number of benzene rings is 1. The Morgan fingerprint density at radius 3 is 2.68 bits per heavy atom. The molecule has 0 spiro atoms. The highest BCUT2D eigenvalue weighted by molar-refractivity contribution is 6.08. The van der Waals surface area contributed by atoms with Gasteiger partial charge in [-0.25, -0.2) is 4.79 Å². The number of hydrogen-bond acceptors (Lipinski definition) is 6. The van der Waals surface area contributed by atoms with E-state index in [9.17, 15) is 19.7 Å². The first-order chi connectivity index (χ1) is 10.5. The molecule has 1 heterocycles. The van der Waals surface area contributed by atoms with Gasteiger partial charge in [-0.1, -0.05) is 0 Å². The van der Waals surface area contributed by atoms with Crippen molar-refractivity contribution >= 4 is 22.4 Å². The van der Waals surface area contributed by atoms with Gasteiger partial charge in [0.1, 0.15) is 5.56 Å². The van der Waals surface area contributed by atoms with Crippen LogP contribution in [0.1, 0.15) is 15.9 Å². The van der Waals surface area contributed by atoms with Gasteiger partial charge in [-0.3, -0.25) is 19.9 Å². The lowest BCUT2D eigenvalue weighted by Gasteiger charge is -2.09. The molecule has 0 saturated carbocycles. The highest BCUT2D eigenvalue weighted by Crippen LogP contribution is 2.34. The van der Waals surface area contributed by atoms with Crippen LogP contribution in [0.4, 0.5) is 5.69 Å². The van der Waals surface area contributed by atoms with E-state index in [1.54, 1.807) is 13.0 Å². The highest BCUT2D eigenvalue weighted by Gasteiger charge is 2.28. The zero-order valence-electron chi connectivity index (χ0n) is 11.7. The summed E-state index contributed by atoms with van der Waals surface area (Å²) in [6, 6.07) is 4.33. The first-order valence-corrected chi connectivity index (χ1v) is 6.37. The lowest BCUT2D eigenvalue weighted by atomic mass is 9.97. The van der Waals surface area contributed by atoms with E-state index in [2.05, 4.69) is 9.72 Å². The zero-order chi connectivity index (χ0) is 16.0. The molecule has 7 heteroatoms. The zero-order valence-corrected chi connectivity index (χ0v) is 11.7. The molecule has 1 aromatic heterocycles. The van der Waals surface area contributed by atoms with Crippen molar-refractivity contribution in [1.29, 1.82) is 0 Å². The van der Waals surface area contributed by atoms with E-state index in [1.807, 2.05) is 0 Å². The number of carbonyl (C=O) groups excluding carboxylic acids is 1. The van der Waals surface area contributed by atoms with Crippen molar-refractivity contribution in [2.45, 2.75) is 6.92 Å². The van der Waals surface area contributed by atoms with Crippen LogP contribution < -0.4 is 5.43 Å². The number of esters is 1. The minimum Gasteiger partial charge on any atom is -0.465 e. The Hall–Kier alpha value is -3.09. The van der Waals surface area contributed by atoms with E-state index in [1.165, 1.54) is 18.3 Å². The van der Waals surface area contributed by atoms with E-state index in [0.717, 1.165) is 7.11 Å². The van der Waals surface area contributed by atoms with Gasteiger partial charge in [0, 0.05) is 23.2 Å². The number of aromatic nitrogens is 1. The van der Waals surface area contributed by atoms with Gasteiger partial charge in [0.25, 0.3) is 5.69 Å². The topological polar surface area (TPSA) is 99.4 Å². The first kappa shape index (κ1) is 13.9. The summed E-state index contributed by atoms with van der Waals surface area (Å²) in [4.78, 5) is 38.2. The Balaban J connectivity index is 2.29. The minimum absolute atomic E-state index is 0.0927. The van der Waals surface area contributed by atoms with Crippen LogP contribution in [-0.4, -0.2) is 23.0 Å². The fourth-order valence-corrected chi connectivity index (χ4v) is 2.50. The molecule has 110 valence electrons. The molecule has 0 N–H and O–H groups in total. The van der Waals surface area contributed by atoms with Crippen molar-refractivity contribution in [3.63, 3.8) is 0 Å². The van der Waals surface area contributed by atoms with Crippen LogP contribution in [0.25, 0.3) is 22.0 Å². The molecule has 22 heavy (non-hydrogen) atoms. The number of rotatable bonds is 3. The molecule has 0 aliphatic carbocycles. The maximum absolute atomic E-state index is 11.9. The average Bonchev–Trinajstić information content (AvgIpc) is 3.17. The van der Waals surface area contributed by atoms with Crippen molar-refractivity contribution in [3.05, 3.63) is 55.9 Å². The number of nitro benzene ring substituents is 1. The van der Waals surface area contributed by atoms with Gasteiger partial charge in [0.2, 0.25) is 0 Å². The lowest BCUT2D eigenvalue weighted by molar-refractivity contribution is -0.385. The van der Waals surface area contributed by atoms with Gasteiger partial charge in [-0.05, 0) is 24.6 Å². The predicted molar refractivity (Wildman–Crippen MR) is 78.6 cm³/mol. The molecule has 2 aromatic carbocycles. The monoisotopic (exact) mass is 298 g/mol. The number of nitro groups is 1. The Labute approximate surface area is 124 Å². The summed E-state index contributed by atoms with van der Waals surface area (Å²) < 4.78 is 4.63. The van der Waals surface area contributed by atoms with Crippen molar-refractivity contribution in [3.8, 4) is 11.3 Å². The number of fused-ring (bicyclic) bond motifs is 1. The van der Waals surface area contributed by atoms with Gasteiger partial charge < -0.3 is 4.74 Å². The third-order valence-corrected chi connectivity index (χ3v) is 3.64. The Morgan fingerprint density at radius 1 is 1.32 bits per heavy atom. The average molecular weight is 298 g/mol. The second kappa shape index (κ2) is 4.73. The van der Waals surface area contributed by atoms with Crippen LogP contribution in [0, 0.1) is 17.0 Å². The smallest absolute Gasteiger partial charge is 0.345 e. The molecule has 0 amide bonds. The quantitative estimate of drug-likeness (QED) is 0.417. The van der Waals surface area contributed by atoms with Gasteiger partial charge >= 0.3 is 5.97 Å². The number of ether oxygens (including phenoxy) is 1. The van der Waals surface area contributed by atoms with Gasteiger partial charge in [0.15, 0.2) is 5.43 Å². The van der Waals surface area contributed by atoms with Crippen molar-refractivity contribution in [2.75, 3.05) is 7.11 Å². The number of methoxy groups -OCH3 is 1. The summed E-state index contributed by atoms with van der Waals surface area (Å²) in [7, 11) is 1.16. The van der Waals surface area contributed by atoms with Crippen LogP contribution in [-0.2, 0) is 4.74 Å². The maximum Gasteiger partial charge on any atom is 0.345 e. The summed E-state index contributed by atoms with van der Waals surface area (Å²) in [5, 5.41) is 12.2. The van der Waals surface area contributed by atoms with Crippen LogP contribution in [0.15, 0.2) is 29.2 Å². The molecule has 3 rings (SSSR count). The molecule has 0 fully saturated rings. The van der Waals surface area contributed by atoms with Crippen molar-refractivity contribution in [1.82, 2.24) is 4.98 Å². The first-order valence-electron chi connectivity index (χ1n) is 6.37. The van der Waals surface area contributed by atoms with E-state index in [4.69, 9.17) is 0 Å². The SMILES string of the molecule is COC(=O)c1c([N+](=O)[O-])ccc(-c2nccc3c(=O)c23)c1C. The normalized spacial score (nSPS) is 11.0. The largest absolute Gasteiger partial charge is 0.465 e. The molecule has 0 aliphatic heterocycles. The van der Waals surface area contributed by atoms with E-state index >= 15 is 0 Å². The third-order valence-electron chi connectivity index (χ3n) is 3.64. The lowest BCUT2D eigenvalue weighted by Crippen LogP contribution is -2.09. The number of hydrogen-bond donors (Lipinski definition) is 0. The molecule has 0 unspecified atom stereocenters. The van der Waals surface area contributed by atoms with Gasteiger partial charge in [-0.2, -0.15) is 0 Å². The van der Waals surface area contributed by atoms with E-state index < -0.39 is 10.9 Å². The summed E-state index contributed by atoms with van der Waals surface area (Å²) >= 11 is 0. The molecular formula is C15H10N2O5. The summed E-state index contributed by atoms with van der Waals surface area (Å²) in [5.41, 5.74) is 0.745. The number of carbonyl (C=O) groups is 1. The van der Waals surface area contributed by atoms with E-state index in [0.29, 0.717) is 27.6 Å². The Bertz CT molecular complexity index is 951. The molecule has 7 nitrogen and oxygen atoms in total. The number of pyridine rings is 1. The molecule has 0 bridgehead atoms. The minimum atomic E-state index is -0.797. The van der Waals surface area contributed by atoms with Crippen molar-refractivity contribution in [2.24, 2.45) is 0 Å². The summed E-state index contributed by atoms with van der Waals surface area (Å²) in [6.07, 6.45) is 1.50. The molecule has 0 saturated heterocycles. The summed E-state index contributed by atoms with van der Waals surface area (Å²) in [5.74, 6) is -0.797. The fourth-order valence-electron chi connectivity index (χ4n) is 2.50. The number of nitrogens with zero attached hydrogens (tertiary/aromatic N) is 2. The van der Waals surface area contributed by atoms with Gasteiger partial charge in [0.05, 0.1) is 23.1 Å². The van der Waals surface area contributed by atoms with Crippen LogP contribution >= 0.6 is 0 Å².